The zero-order valence-corrected chi connectivity index (χ0v) is 21.6. The molecule has 0 bridgehead atoms. The molecule has 2 N–H and O–H groups in total. The maximum Gasteiger partial charge on any atom is 0.333 e. The number of nitrogens with zero attached hydrogens (tertiary/aromatic N) is 3. The summed E-state index contributed by atoms with van der Waals surface area (Å²) in [4.78, 5) is 7.48. The summed E-state index contributed by atoms with van der Waals surface area (Å²) in [5.41, 5.74) is 1.98. The second-order valence-corrected chi connectivity index (χ2v) is 11.4. The van der Waals surface area contributed by atoms with Gasteiger partial charge in [-0.05, 0) is 68.6 Å². The van der Waals surface area contributed by atoms with Crippen LogP contribution in [0.25, 0.3) is 10.9 Å². The second kappa shape index (κ2) is 10.9. The molecule has 2 heterocycles. The molecule has 1 aliphatic heterocycles. The van der Waals surface area contributed by atoms with Gasteiger partial charge in [0, 0.05) is 41.6 Å². The molecule has 1 saturated carbocycles. The predicted octanol–water partition coefficient (Wildman–Crippen LogP) is 4.33. The Morgan fingerprint density at radius 2 is 1.83 bits per heavy atom. The Bertz CT molecular complexity index is 1150. The molecular weight excluding hydrogens is 471 g/mol. The Morgan fingerprint density at radius 3 is 2.43 bits per heavy atom. The van der Waals surface area contributed by atoms with E-state index in [0.29, 0.717) is 22.7 Å². The quantitative estimate of drug-likeness (QED) is 0.423. The number of hydrogen-bond donors (Lipinski definition) is 1. The molecular formula is C25H37FN4O4S. The van der Waals surface area contributed by atoms with Crippen LogP contribution in [0.4, 0.5) is 4.39 Å². The number of likely N-dealkylation sites (tertiary alicyclic amines) is 1. The van der Waals surface area contributed by atoms with Crippen molar-refractivity contribution in [3.05, 3.63) is 35.3 Å². The molecule has 1 aromatic carbocycles. The van der Waals surface area contributed by atoms with Crippen molar-refractivity contribution in [2.45, 2.75) is 71.1 Å². The minimum Gasteiger partial charge on any atom is -0.399 e. The highest BCUT2D eigenvalue weighted by atomic mass is 32.2. The summed E-state index contributed by atoms with van der Waals surface area (Å²) in [6.45, 7) is 6.33. The molecule has 10 heteroatoms. The largest absolute Gasteiger partial charge is 0.399 e. The average Bonchev–Trinajstić information content (AvgIpc) is 3.13. The minimum absolute atomic E-state index is 0.120. The summed E-state index contributed by atoms with van der Waals surface area (Å²) >= 11 is 0. The number of halogens is 1. The van der Waals surface area contributed by atoms with E-state index < -0.39 is 10.3 Å². The van der Waals surface area contributed by atoms with Crippen molar-refractivity contribution in [3.63, 3.8) is 0 Å². The smallest absolute Gasteiger partial charge is 0.333 e. The van der Waals surface area contributed by atoms with Gasteiger partial charge in [0.1, 0.15) is 19.5 Å². The van der Waals surface area contributed by atoms with Crippen LogP contribution in [0, 0.1) is 17.7 Å². The summed E-state index contributed by atoms with van der Waals surface area (Å²) in [6.07, 6.45) is 8.40. The third-order valence-corrected chi connectivity index (χ3v) is 8.27. The third-order valence-electron chi connectivity index (χ3n) is 7.82. The predicted molar refractivity (Wildman–Crippen MR) is 135 cm³/mol. The van der Waals surface area contributed by atoms with Crippen molar-refractivity contribution >= 4 is 27.4 Å². The van der Waals surface area contributed by atoms with E-state index in [0.717, 1.165) is 43.3 Å². The SMILES string of the molecule is CON=Cc1c(COS(N)(=O)=O)n(C2CCN([C@H]3CC[C@@H](C(C)C)CC3)CC2)c2ccc(F)cc12. The van der Waals surface area contributed by atoms with Gasteiger partial charge < -0.3 is 14.3 Å². The van der Waals surface area contributed by atoms with Gasteiger partial charge in [-0.3, -0.25) is 4.18 Å². The lowest BCUT2D eigenvalue weighted by molar-refractivity contribution is 0.0884. The Balaban J connectivity index is 1.60. The van der Waals surface area contributed by atoms with Crippen LogP contribution < -0.4 is 5.14 Å². The zero-order valence-electron chi connectivity index (χ0n) is 20.8. The number of oxime groups is 1. The van der Waals surface area contributed by atoms with Crippen molar-refractivity contribution in [2.75, 3.05) is 20.2 Å². The first kappa shape index (κ1) is 26.1. The fraction of sp³-hybridized carbons (Fsp3) is 0.640. The molecule has 0 radical (unpaired) electrons. The van der Waals surface area contributed by atoms with Gasteiger partial charge in [-0.2, -0.15) is 8.42 Å². The Kier molecular flexibility index (Phi) is 8.15. The highest BCUT2D eigenvalue weighted by Gasteiger charge is 2.32. The molecule has 2 aromatic rings. The fourth-order valence-corrected chi connectivity index (χ4v) is 6.23. The third kappa shape index (κ3) is 6.04. The Morgan fingerprint density at radius 1 is 1.14 bits per heavy atom. The maximum atomic E-state index is 14.2. The average molecular weight is 509 g/mol. The summed E-state index contributed by atoms with van der Waals surface area (Å²) in [5, 5.41) is 9.63. The summed E-state index contributed by atoms with van der Waals surface area (Å²) < 4.78 is 44.5. The molecule has 0 amide bonds. The van der Waals surface area contributed by atoms with E-state index in [-0.39, 0.29) is 18.5 Å². The maximum absolute atomic E-state index is 14.2. The fourth-order valence-electron chi connectivity index (χ4n) is 5.96. The summed E-state index contributed by atoms with van der Waals surface area (Å²) in [6, 6.07) is 5.34. The van der Waals surface area contributed by atoms with Gasteiger partial charge in [0.15, 0.2) is 0 Å². The first-order valence-electron chi connectivity index (χ1n) is 12.5. The number of rotatable bonds is 8. The first-order chi connectivity index (χ1) is 16.7. The number of fused-ring (bicyclic) bond motifs is 1. The topological polar surface area (TPSA) is 99.1 Å². The molecule has 1 aromatic heterocycles. The molecule has 4 rings (SSSR count). The highest BCUT2D eigenvalue weighted by Crippen LogP contribution is 2.37. The normalized spacial score (nSPS) is 23.0. The van der Waals surface area contributed by atoms with E-state index in [1.807, 2.05) is 0 Å². The van der Waals surface area contributed by atoms with Crippen LogP contribution in [-0.2, 0) is 25.9 Å². The molecule has 35 heavy (non-hydrogen) atoms. The van der Waals surface area contributed by atoms with E-state index in [4.69, 9.17) is 14.2 Å². The van der Waals surface area contributed by atoms with E-state index in [1.165, 1.54) is 51.1 Å². The van der Waals surface area contributed by atoms with E-state index in [1.54, 1.807) is 6.07 Å². The van der Waals surface area contributed by atoms with Gasteiger partial charge in [-0.1, -0.05) is 19.0 Å². The van der Waals surface area contributed by atoms with Crippen LogP contribution >= 0.6 is 0 Å². The van der Waals surface area contributed by atoms with Crippen LogP contribution in [-0.4, -0.2) is 50.3 Å². The lowest BCUT2D eigenvalue weighted by Crippen LogP contribution is -2.44. The van der Waals surface area contributed by atoms with Gasteiger partial charge in [-0.15, -0.1) is 0 Å². The molecule has 1 aliphatic carbocycles. The van der Waals surface area contributed by atoms with E-state index >= 15 is 0 Å². The van der Waals surface area contributed by atoms with Crippen molar-refractivity contribution in [3.8, 4) is 0 Å². The number of nitrogens with two attached hydrogens (primary N) is 1. The second-order valence-electron chi connectivity index (χ2n) is 10.1. The molecule has 1 saturated heterocycles. The van der Waals surface area contributed by atoms with Gasteiger partial charge in [0.25, 0.3) is 0 Å². The monoisotopic (exact) mass is 508 g/mol. The lowest BCUT2D eigenvalue weighted by Gasteiger charge is -2.42. The minimum atomic E-state index is -4.16. The molecule has 0 spiro atoms. The zero-order chi connectivity index (χ0) is 25.2. The number of aromatic nitrogens is 1. The van der Waals surface area contributed by atoms with Crippen LogP contribution in [0.15, 0.2) is 23.4 Å². The van der Waals surface area contributed by atoms with Gasteiger partial charge in [-0.25, -0.2) is 9.53 Å². The molecule has 8 nitrogen and oxygen atoms in total. The molecule has 194 valence electrons. The lowest BCUT2D eigenvalue weighted by atomic mass is 9.79. The highest BCUT2D eigenvalue weighted by molar-refractivity contribution is 7.84. The number of hydrogen-bond acceptors (Lipinski definition) is 6. The van der Waals surface area contributed by atoms with Gasteiger partial charge >= 0.3 is 10.3 Å². The molecule has 2 aliphatic rings. The Hall–Kier alpha value is -2.01. The standard InChI is InChI=1S/C25H37FN4O4S/c1-17(2)18-4-7-20(8-5-18)29-12-10-21(11-13-29)30-24-9-6-19(26)14-22(24)23(15-28-33-3)25(30)16-34-35(27,31)32/h6,9,14-15,17-18,20-21H,4-5,7-8,10-13,16H2,1-3H3,(H2,27,31,32)/t18-,20+. The first-order valence-corrected chi connectivity index (χ1v) is 13.9. The number of benzene rings is 1. The summed E-state index contributed by atoms with van der Waals surface area (Å²) in [5.74, 6) is 1.21. The Labute approximate surface area is 207 Å². The number of piperidine rings is 1. The van der Waals surface area contributed by atoms with Gasteiger partial charge in [0.2, 0.25) is 0 Å². The van der Waals surface area contributed by atoms with Crippen LogP contribution in [0.3, 0.4) is 0 Å². The van der Waals surface area contributed by atoms with E-state index in [9.17, 15) is 12.8 Å². The van der Waals surface area contributed by atoms with Crippen LogP contribution in [0.2, 0.25) is 0 Å². The van der Waals surface area contributed by atoms with Crippen molar-refractivity contribution in [1.29, 1.82) is 0 Å². The van der Waals surface area contributed by atoms with Crippen molar-refractivity contribution in [2.24, 2.45) is 22.1 Å². The van der Waals surface area contributed by atoms with Crippen molar-refractivity contribution in [1.82, 2.24) is 9.47 Å². The van der Waals surface area contributed by atoms with Crippen LogP contribution in [0.1, 0.15) is 69.7 Å². The molecule has 2 fully saturated rings. The van der Waals surface area contributed by atoms with E-state index in [2.05, 4.69) is 28.5 Å². The molecule has 0 atom stereocenters. The van der Waals surface area contributed by atoms with Gasteiger partial charge in [0.05, 0.1) is 11.9 Å². The van der Waals surface area contributed by atoms with Crippen LogP contribution in [0.5, 0.6) is 0 Å². The van der Waals surface area contributed by atoms with Crippen molar-refractivity contribution < 1.29 is 21.8 Å². The summed E-state index contributed by atoms with van der Waals surface area (Å²) in [7, 11) is -2.74. The molecule has 0 unspecified atom stereocenters.